The normalized spacial score (nSPS) is 15.3. The number of benzene rings is 6. The third kappa shape index (κ3) is 3.92. The average Bonchev–Trinajstić information content (AvgIpc) is 3.58. The molecule has 0 aromatic heterocycles. The minimum absolute atomic E-state index is 0.248. The Morgan fingerprint density at radius 1 is 0.383 bits per heavy atom. The number of nitrogens with zero attached hydrogens (tertiary/aromatic N) is 2. The lowest BCUT2D eigenvalue weighted by molar-refractivity contribution is 0.252. The van der Waals surface area contributed by atoms with Crippen molar-refractivity contribution < 1.29 is 0 Å². The first-order valence-electron chi connectivity index (χ1n) is 16.7. The van der Waals surface area contributed by atoms with Gasteiger partial charge in [-0.25, -0.2) is 0 Å². The van der Waals surface area contributed by atoms with Crippen molar-refractivity contribution in [2.45, 2.75) is 30.3 Å². The molecule has 2 heteroatoms. The summed E-state index contributed by atoms with van der Waals surface area (Å²) in [5.41, 5.74) is 14.8. The van der Waals surface area contributed by atoms with E-state index in [2.05, 4.69) is 197 Å². The standard InChI is InChI=1S/C45H42N2/c1-43(2,31-17-15-19-33(29-31)44(46(3)4)39-25-11-7-21-35(39)36-22-8-12-26-40(36)44)32-18-16-20-34(30-32)45(47(5)6)41-27-13-9-23-37(41)38-24-10-14-28-42(38)45/h7-30H,1-6H3. The van der Waals surface area contributed by atoms with Gasteiger partial charge in [-0.05, 0) is 95.0 Å². The van der Waals surface area contributed by atoms with Crippen LogP contribution in [0.1, 0.15) is 58.4 Å². The summed E-state index contributed by atoms with van der Waals surface area (Å²) in [4.78, 5) is 4.81. The number of hydrogen-bond donors (Lipinski definition) is 0. The van der Waals surface area contributed by atoms with Gasteiger partial charge in [-0.15, -0.1) is 0 Å². The molecule has 6 aromatic rings. The molecule has 0 heterocycles. The van der Waals surface area contributed by atoms with Crippen molar-refractivity contribution in [2.75, 3.05) is 28.2 Å². The fourth-order valence-electron chi connectivity index (χ4n) is 8.96. The second-order valence-electron chi connectivity index (χ2n) is 14.2. The smallest absolute Gasteiger partial charge is 0.0980 e. The van der Waals surface area contributed by atoms with Crippen LogP contribution >= 0.6 is 0 Å². The van der Waals surface area contributed by atoms with Gasteiger partial charge < -0.3 is 0 Å². The fraction of sp³-hybridized carbons (Fsp3) is 0.200. The van der Waals surface area contributed by atoms with Gasteiger partial charge in [0.05, 0.1) is 11.1 Å². The summed E-state index contributed by atoms with van der Waals surface area (Å²) in [5, 5.41) is 0. The van der Waals surface area contributed by atoms with E-state index >= 15 is 0 Å². The molecule has 0 saturated carbocycles. The molecular weight excluding hydrogens is 569 g/mol. The van der Waals surface area contributed by atoms with E-state index in [1.165, 1.54) is 66.8 Å². The molecule has 2 aliphatic carbocycles. The Morgan fingerprint density at radius 2 is 0.681 bits per heavy atom. The van der Waals surface area contributed by atoms with Gasteiger partial charge in [0.25, 0.3) is 0 Å². The van der Waals surface area contributed by atoms with Crippen molar-refractivity contribution in [3.63, 3.8) is 0 Å². The van der Waals surface area contributed by atoms with Crippen LogP contribution in [0.25, 0.3) is 22.3 Å². The Morgan fingerprint density at radius 3 is 0.979 bits per heavy atom. The first kappa shape index (κ1) is 29.6. The van der Waals surface area contributed by atoms with E-state index in [4.69, 9.17) is 0 Å². The van der Waals surface area contributed by atoms with Crippen LogP contribution in [-0.2, 0) is 16.5 Å². The van der Waals surface area contributed by atoms with Crippen LogP contribution in [0.15, 0.2) is 146 Å². The highest BCUT2D eigenvalue weighted by molar-refractivity contribution is 5.84. The molecular formula is C45H42N2. The zero-order chi connectivity index (χ0) is 32.6. The lowest BCUT2D eigenvalue weighted by atomic mass is 9.72. The summed E-state index contributed by atoms with van der Waals surface area (Å²) >= 11 is 0. The molecule has 0 spiro atoms. The Balaban J connectivity index is 1.29. The van der Waals surface area contributed by atoms with E-state index in [0.717, 1.165) is 0 Å². The molecule has 0 radical (unpaired) electrons. The van der Waals surface area contributed by atoms with Crippen molar-refractivity contribution in [1.29, 1.82) is 0 Å². The molecule has 232 valence electrons. The molecule has 0 bridgehead atoms. The van der Waals surface area contributed by atoms with Crippen molar-refractivity contribution in [1.82, 2.24) is 9.80 Å². The van der Waals surface area contributed by atoms with Gasteiger partial charge in [-0.2, -0.15) is 0 Å². The molecule has 2 aliphatic rings. The lowest BCUT2D eigenvalue weighted by Gasteiger charge is -2.41. The molecule has 0 amide bonds. The highest BCUT2D eigenvalue weighted by atomic mass is 15.2. The number of hydrogen-bond acceptors (Lipinski definition) is 2. The predicted molar refractivity (Wildman–Crippen MR) is 196 cm³/mol. The Bertz CT molecular complexity index is 1910. The molecule has 0 unspecified atom stereocenters. The summed E-state index contributed by atoms with van der Waals surface area (Å²) in [7, 11) is 8.88. The fourth-order valence-corrected chi connectivity index (χ4v) is 8.96. The maximum Gasteiger partial charge on any atom is 0.0980 e. The van der Waals surface area contributed by atoms with Gasteiger partial charge in [0.15, 0.2) is 0 Å². The topological polar surface area (TPSA) is 6.48 Å². The Kier molecular flexibility index (Phi) is 6.70. The van der Waals surface area contributed by atoms with E-state index in [9.17, 15) is 0 Å². The summed E-state index contributed by atoms with van der Waals surface area (Å²) in [6.45, 7) is 4.76. The highest BCUT2D eigenvalue weighted by Crippen LogP contribution is 2.55. The third-order valence-electron chi connectivity index (χ3n) is 11.2. The van der Waals surface area contributed by atoms with Gasteiger partial charge in [-0.3, -0.25) is 9.80 Å². The number of rotatable bonds is 6. The third-order valence-corrected chi connectivity index (χ3v) is 11.2. The summed E-state index contributed by atoms with van der Waals surface area (Å²) in [6, 6.07) is 54.5. The first-order chi connectivity index (χ1) is 22.7. The first-order valence-corrected chi connectivity index (χ1v) is 16.7. The van der Waals surface area contributed by atoms with E-state index in [0.29, 0.717) is 0 Å². The van der Waals surface area contributed by atoms with Gasteiger partial charge in [0, 0.05) is 5.41 Å². The van der Waals surface area contributed by atoms with Crippen molar-refractivity contribution in [3.8, 4) is 22.3 Å². The van der Waals surface area contributed by atoms with Crippen LogP contribution < -0.4 is 0 Å². The van der Waals surface area contributed by atoms with Crippen molar-refractivity contribution in [3.05, 3.63) is 190 Å². The maximum absolute atomic E-state index is 2.47. The Hall–Kier alpha value is -4.76. The second-order valence-corrected chi connectivity index (χ2v) is 14.2. The SMILES string of the molecule is CN(C)C1(c2cccc(C(C)(C)c3cccc(C4(N(C)C)c5ccccc5-c5ccccc54)c3)c2)c2ccccc2-c2ccccc21. The van der Waals surface area contributed by atoms with Gasteiger partial charge in [-0.1, -0.05) is 159 Å². The minimum atomic E-state index is -0.382. The van der Waals surface area contributed by atoms with Gasteiger partial charge >= 0.3 is 0 Å². The van der Waals surface area contributed by atoms with Crippen LogP contribution in [-0.4, -0.2) is 38.0 Å². The zero-order valence-electron chi connectivity index (χ0n) is 28.3. The van der Waals surface area contributed by atoms with Crippen LogP contribution in [0.5, 0.6) is 0 Å². The lowest BCUT2D eigenvalue weighted by Crippen LogP contribution is -2.42. The van der Waals surface area contributed by atoms with E-state index in [1.807, 2.05) is 0 Å². The monoisotopic (exact) mass is 610 g/mol. The molecule has 0 N–H and O–H groups in total. The van der Waals surface area contributed by atoms with Crippen LogP contribution in [0.4, 0.5) is 0 Å². The Labute approximate surface area is 280 Å². The largest absolute Gasteiger partial charge is 0.292 e. The molecule has 0 fully saturated rings. The zero-order valence-corrected chi connectivity index (χ0v) is 28.3. The predicted octanol–water partition coefficient (Wildman–Crippen LogP) is 9.68. The maximum atomic E-state index is 2.47. The molecule has 8 rings (SSSR count). The summed E-state index contributed by atoms with van der Waals surface area (Å²) in [5.74, 6) is 0. The summed E-state index contributed by atoms with van der Waals surface area (Å²) < 4.78 is 0. The molecule has 2 nitrogen and oxygen atoms in total. The van der Waals surface area contributed by atoms with Crippen LogP contribution in [0, 0.1) is 0 Å². The number of fused-ring (bicyclic) bond motifs is 6. The van der Waals surface area contributed by atoms with Crippen molar-refractivity contribution >= 4 is 0 Å². The highest BCUT2D eigenvalue weighted by Gasteiger charge is 2.48. The van der Waals surface area contributed by atoms with Gasteiger partial charge in [0.2, 0.25) is 0 Å². The van der Waals surface area contributed by atoms with Crippen LogP contribution in [0.3, 0.4) is 0 Å². The quantitative estimate of drug-likeness (QED) is 0.185. The van der Waals surface area contributed by atoms with E-state index in [1.54, 1.807) is 0 Å². The summed E-state index contributed by atoms with van der Waals surface area (Å²) in [6.07, 6.45) is 0. The molecule has 0 aliphatic heterocycles. The molecule has 0 atom stereocenters. The van der Waals surface area contributed by atoms with Crippen LogP contribution in [0.2, 0.25) is 0 Å². The van der Waals surface area contributed by atoms with E-state index < -0.39 is 0 Å². The minimum Gasteiger partial charge on any atom is -0.292 e. The molecule has 47 heavy (non-hydrogen) atoms. The van der Waals surface area contributed by atoms with E-state index in [-0.39, 0.29) is 16.5 Å². The molecule has 0 saturated heterocycles. The molecule has 6 aromatic carbocycles. The second kappa shape index (κ2) is 10.6. The van der Waals surface area contributed by atoms with Crippen molar-refractivity contribution in [2.24, 2.45) is 0 Å². The van der Waals surface area contributed by atoms with Gasteiger partial charge in [0.1, 0.15) is 0 Å². The average molecular weight is 611 g/mol.